The lowest BCUT2D eigenvalue weighted by Crippen LogP contribution is -2.26. The first-order valence-electron chi connectivity index (χ1n) is 20.3. The van der Waals surface area contributed by atoms with Crippen molar-refractivity contribution in [2.75, 3.05) is 5.73 Å². The van der Waals surface area contributed by atoms with Gasteiger partial charge in [-0.3, -0.25) is 0 Å². The fraction of sp³-hybridized carbons (Fsp3) is 0.438. The van der Waals surface area contributed by atoms with Crippen LogP contribution in [0.3, 0.4) is 0 Å². The average Bonchev–Trinajstić information content (AvgIpc) is 3.70. The topological polar surface area (TPSA) is 38.9 Å². The van der Waals surface area contributed by atoms with Crippen molar-refractivity contribution in [2.24, 2.45) is 0 Å². The normalized spacial score (nSPS) is 13.3. The summed E-state index contributed by atoms with van der Waals surface area (Å²) in [6, 6.07) is 31.2. The van der Waals surface area contributed by atoms with Crippen LogP contribution in [0.15, 0.2) is 84.9 Å². The van der Waals surface area contributed by atoms with E-state index in [4.69, 9.17) is 10.7 Å². The van der Waals surface area contributed by atoms with E-state index < -0.39 is 0 Å². The zero-order chi connectivity index (χ0) is 35.3. The molecule has 268 valence electrons. The molecule has 0 radical (unpaired) electrons. The van der Waals surface area contributed by atoms with Crippen LogP contribution in [-0.2, 0) is 5.41 Å². The van der Waals surface area contributed by atoms with E-state index in [2.05, 4.69) is 111 Å². The van der Waals surface area contributed by atoms with Gasteiger partial charge in [0.25, 0.3) is 0 Å². The van der Waals surface area contributed by atoms with Crippen molar-refractivity contribution in [1.29, 1.82) is 0 Å². The Morgan fingerprint density at radius 2 is 1.10 bits per heavy atom. The molecule has 0 atom stereocenters. The summed E-state index contributed by atoms with van der Waals surface area (Å²) in [4.78, 5) is 4.86. The maximum Gasteiger partial charge on any atom is 0.124 e. The lowest BCUT2D eigenvalue weighted by Gasteiger charge is -2.33. The van der Waals surface area contributed by atoms with E-state index in [-0.39, 0.29) is 5.41 Å². The van der Waals surface area contributed by atoms with E-state index in [1.807, 2.05) is 0 Å². The quantitative estimate of drug-likeness (QED) is 0.0471. The van der Waals surface area contributed by atoms with Gasteiger partial charge in [0.2, 0.25) is 0 Å². The smallest absolute Gasteiger partial charge is 0.124 e. The number of rotatable bonds is 21. The van der Waals surface area contributed by atoms with Gasteiger partial charge in [-0.1, -0.05) is 189 Å². The van der Waals surface area contributed by atoms with E-state index in [1.165, 1.54) is 159 Å². The minimum absolute atomic E-state index is 0.0349. The van der Waals surface area contributed by atoms with Crippen LogP contribution in [0, 0.1) is 0 Å². The van der Waals surface area contributed by atoms with E-state index in [0.717, 1.165) is 16.2 Å². The molecule has 1 heterocycles. The van der Waals surface area contributed by atoms with Crippen LogP contribution in [0.5, 0.6) is 0 Å². The van der Waals surface area contributed by atoms with Gasteiger partial charge in [0.15, 0.2) is 0 Å². The summed E-state index contributed by atoms with van der Waals surface area (Å²) in [5, 5.41) is 1.08. The van der Waals surface area contributed by atoms with Gasteiger partial charge in [0.1, 0.15) is 5.01 Å². The Bertz CT molecular complexity index is 1790. The molecule has 0 unspecified atom stereocenters. The predicted octanol–water partition coefficient (Wildman–Crippen LogP) is 15.0. The summed E-state index contributed by atoms with van der Waals surface area (Å²) < 4.78 is 1.24. The minimum Gasteiger partial charge on any atom is -0.399 e. The van der Waals surface area contributed by atoms with Crippen molar-refractivity contribution < 1.29 is 0 Å². The van der Waals surface area contributed by atoms with Crippen LogP contribution >= 0.6 is 11.3 Å². The number of hydrogen-bond acceptors (Lipinski definition) is 3. The monoisotopic (exact) mass is 696 g/mol. The number of unbranched alkanes of at least 4 members (excludes halogenated alkanes) is 14. The molecule has 0 spiro atoms. The van der Waals surface area contributed by atoms with Crippen molar-refractivity contribution in [3.05, 3.63) is 107 Å². The molecule has 0 aliphatic heterocycles. The number of benzene rings is 4. The van der Waals surface area contributed by atoms with E-state index in [1.54, 1.807) is 11.3 Å². The fourth-order valence-electron chi connectivity index (χ4n) is 8.34. The maximum absolute atomic E-state index is 6.55. The summed E-state index contributed by atoms with van der Waals surface area (Å²) >= 11 is 1.76. The molecule has 2 N–H and O–H groups in total. The highest BCUT2D eigenvalue weighted by atomic mass is 32.1. The second-order valence-electron chi connectivity index (χ2n) is 15.1. The Labute approximate surface area is 312 Å². The first kappa shape index (κ1) is 37.1. The zero-order valence-corrected chi connectivity index (χ0v) is 32.2. The number of para-hydroxylation sites is 1. The maximum atomic E-state index is 6.55. The lowest BCUT2D eigenvalue weighted by molar-refractivity contribution is 0.397. The van der Waals surface area contributed by atoms with E-state index in [0.29, 0.717) is 0 Å². The standard InChI is InChI=1S/C48H60N2S/c1-3-5-7-9-11-13-15-19-33-48(34-20-16-14-12-10-8-6-4-2)43-35-38(27-31-41(43)42-32-30-40(49)36-44(42)48)24-23-37-25-28-39(29-26-37)47-50-45-21-17-18-22-46(45)51-47/h17-18,21-32,35-36H,3-16,19-20,33-34,49H2,1-2H3/b24-23+. The van der Waals surface area contributed by atoms with E-state index >= 15 is 0 Å². The predicted molar refractivity (Wildman–Crippen MR) is 226 cm³/mol. The molecule has 0 saturated carbocycles. The van der Waals surface area contributed by atoms with Crippen LogP contribution in [0.25, 0.3) is 44.1 Å². The Morgan fingerprint density at radius 1 is 0.569 bits per heavy atom. The van der Waals surface area contributed by atoms with Gasteiger partial charge in [-0.25, -0.2) is 4.98 Å². The molecule has 1 aromatic heterocycles. The van der Waals surface area contributed by atoms with Gasteiger partial charge in [-0.05, 0) is 70.5 Å². The summed E-state index contributed by atoms with van der Waals surface area (Å²) in [6.45, 7) is 4.61. The molecule has 51 heavy (non-hydrogen) atoms. The van der Waals surface area contributed by atoms with Gasteiger partial charge in [-0.2, -0.15) is 0 Å². The van der Waals surface area contributed by atoms with Gasteiger partial charge in [0, 0.05) is 16.7 Å². The molecule has 3 heteroatoms. The van der Waals surface area contributed by atoms with Gasteiger partial charge in [-0.15, -0.1) is 11.3 Å². The van der Waals surface area contributed by atoms with Crippen LogP contribution < -0.4 is 5.73 Å². The summed E-state index contributed by atoms with van der Waals surface area (Å²) in [5.74, 6) is 0. The number of thiazole rings is 1. The summed E-state index contributed by atoms with van der Waals surface area (Å²) in [5.41, 5.74) is 18.0. The highest BCUT2D eigenvalue weighted by Crippen LogP contribution is 2.55. The van der Waals surface area contributed by atoms with Crippen molar-refractivity contribution in [1.82, 2.24) is 4.98 Å². The van der Waals surface area contributed by atoms with Crippen LogP contribution in [-0.4, -0.2) is 4.98 Å². The largest absolute Gasteiger partial charge is 0.399 e. The fourth-order valence-corrected chi connectivity index (χ4v) is 9.32. The molecule has 0 amide bonds. The highest BCUT2D eigenvalue weighted by Gasteiger charge is 2.42. The third-order valence-corrected chi connectivity index (χ3v) is 12.3. The van der Waals surface area contributed by atoms with Gasteiger partial charge >= 0.3 is 0 Å². The number of aromatic nitrogens is 1. The number of hydrogen-bond donors (Lipinski definition) is 1. The Kier molecular flexibility index (Phi) is 13.6. The molecule has 0 fully saturated rings. The number of anilines is 1. The summed E-state index contributed by atoms with van der Waals surface area (Å²) in [6.07, 6.45) is 28.6. The third kappa shape index (κ3) is 9.41. The molecule has 1 aliphatic rings. The van der Waals surface area contributed by atoms with Gasteiger partial charge in [0.05, 0.1) is 10.2 Å². The molecular weight excluding hydrogens is 637 g/mol. The Morgan fingerprint density at radius 3 is 1.73 bits per heavy atom. The van der Waals surface area contributed by atoms with Crippen molar-refractivity contribution in [3.63, 3.8) is 0 Å². The second-order valence-corrected chi connectivity index (χ2v) is 16.1. The Hall–Kier alpha value is -3.69. The van der Waals surface area contributed by atoms with Gasteiger partial charge < -0.3 is 5.73 Å². The summed E-state index contributed by atoms with van der Waals surface area (Å²) in [7, 11) is 0. The molecule has 5 aromatic rings. The molecule has 0 saturated heterocycles. The Balaban J connectivity index is 1.21. The SMILES string of the molecule is CCCCCCCCCCC1(CCCCCCCCCC)c2cc(N)ccc2-c2ccc(/C=C/c3ccc(-c4nc5ccccc5s4)cc3)cc21. The number of nitrogen functional groups attached to an aromatic ring is 1. The number of nitrogens with zero attached hydrogens (tertiary/aromatic N) is 1. The van der Waals surface area contributed by atoms with Crippen molar-refractivity contribution in [2.45, 2.75) is 135 Å². The minimum atomic E-state index is 0.0349. The molecular formula is C48H60N2S. The van der Waals surface area contributed by atoms with Crippen LogP contribution in [0.1, 0.15) is 152 Å². The number of nitrogens with two attached hydrogens (primary N) is 1. The molecule has 0 bridgehead atoms. The molecule has 2 nitrogen and oxygen atoms in total. The molecule has 6 rings (SSSR count). The first-order chi connectivity index (χ1) is 25.1. The number of fused-ring (bicyclic) bond motifs is 4. The van der Waals surface area contributed by atoms with Crippen molar-refractivity contribution in [3.8, 4) is 21.7 Å². The lowest BCUT2D eigenvalue weighted by atomic mass is 9.70. The van der Waals surface area contributed by atoms with E-state index in [9.17, 15) is 0 Å². The van der Waals surface area contributed by atoms with Crippen LogP contribution in [0.4, 0.5) is 5.69 Å². The zero-order valence-electron chi connectivity index (χ0n) is 31.4. The highest BCUT2D eigenvalue weighted by molar-refractivity contribution is 7.21. The average molecular weight is 697 g/mol. The first-order valence-corrected chi connectivity index (χ1v) is 21.1. The van der Waals surface area contributed by atoms with Crippen LogP contribution in [0.2, 0.25) is 0 Å². The molecule has 4 aromatic carbocycles. The van der Waals surface area contributed by atoms with Crippen molar-refractivity contribution >= 4 is 39.4 Å². The molecule has 1 aliphatic carbocycles. The second kappa shape index (κ2) is 18.7. The third-order valence-electron chi connectivity index (χ3n) is 11.2.